The molecule has 2 aliphatic heterocycles. The van der Waals surface area contributed by atoms with Crippen LogP contribution in [0, 0.1) is 0 Å². The molecule has 0 bridgehead atoms. The van der Waals surface area contributed by atoms with Crippen LogP contribution in [0.25, 0.3) is 0 Å². The molecule has 1 fully saturated rings. The van der Waals surface area contributed by atoms with Gasteiger partial charge in [0.2, 0.25) is 5.91 Å². The lowest BCUT2D eigenvalue weighted by molar-refractivity contribution is -0.121. The van der Waals surface area contributed by atoms with Crippen molar-refractivity contribution < 1.29 is 9.59 Å². The van der Waals surface area contributed by atoms with Gasteiger partial charge in [0.1, 0.15) is 0 Å². The minimum atomic E-state index is -0.455. The number of fused-ring (bicyclic) bond motifs is 2. The number of piperidine rings is 1. The molecule has 2 aliphatic rings. The van der Waals surface area contributed by atoms with Gasteiger partial charge in [-0.3, -0.25) is 9.59 Å². The molecule has 0 aromatic heterocycles. The summed E-state index contributed by atoms with van der Waals surface area (Å²) in [4.78, 5) is 26.1. The minimum absolute atomic E-state index is 0.0313. The van der Waals surface area contributed by atoms with Gasteiger partial charge in [-0.05, 0) is 49.7 Å². The largest absolute Gasteiger partial charge is 0.345 e. The maximum atomic E-state index is 12.4. The molecular weight excluding hydrogens is 254 g/mol. The first-order chi connectivity index (χ1) is 9.54. The number of nitrogens with zero attached hydrogens (tertiary/aromatic N) is 1. The molecule has 2 amide bonds. The molecule has 2 heterocycles. The van der Waals surface area contributed by atoms with Crippen LogP contribution in [0.2, 0.25) is 0 Å². The highest BCUT2D eigenvalue weighted by Crippen LogP contribution is 2.44. The predicted molar refractivity (Wildman–Crippen MR) is 76.9 cm³/mol. The topological polar surface area (TPSA) is 61.4 Å². The van der Waals surface area contributed by atoms with Crippen molar-refractivity contribution in [2.45, 2.75) is 18.3 Å². The molecule has 2 N–H and O–H groups in total. The monoisotopic (exact) mass is 273 g/mol. The lowest BCUT2D eigenvalue weighted by atomic mass is 9.74. The zero-order valence-corrected chi connectivity index (χ0v) is 11.8. The average Bonchev–Trinajstić information content (AvgIpc) is 2.71. The van der Waals surface area contributed by atoms with E-state index in [1.165, 1.54) is 0 Å². The molecule has 0 atom stereocenters. The van der Waals surface area contributed by atoms with Crippen LogP contribution in [-0.4, -0.2) is 43.9 Å². The third-order valence-corrected chi connectivity index (χ3v) is 4.33. The normalized spacial score (nSPS) is 19.6. The van der Waals surface area contributed by atoms with Crippen LogP contribution in [0.1, 0.15) is 28.8 Å². The summed E-state index contributed by atoms with van der Waals surface area (Å²) >= 11 is 0. The lowest BCUT2D eigenvalue weighted by Gasteiger charge is -2.32. The Bertz CT molecular complexity index is 574. The van der Waals surface area contributed by atoms with E-state index < -0.39 is 5.41 Å². The second-order valence-corrected chi connectivity index (χ2v) is 5.75. The zero-order valence-electron chi connectivity index (χ0n) is 11.8. The summed E-state index contributed by atoms with van der Waals surface area (Å²) in [6, 6.07) is 5.52. The lowest BCUT2D eigenvalue weighted by Crippen LogP contribution is -2.44. The molecule has 1 aromatic rings. The van der Waals surface area contributed by atoms with Crippen LogP contribution in [0.3, 0.4) is 0 Å². The van der Waals surface area contributed by atoms with E-state index in [9.17, 15) is 9.59 Å². The Morgan fingerprint density at radius 2 is 1.95 bits per heavy atom. The molecule has 1 saturated heterocycles. The van der Waals surface area contributed by atoms with Crippen molar-refractivity contribution in [2.75, 3.05) is 32.5 Å². The van der Waals surface area contributed by atoms with E-state index in [2.05, 4.69) is 10.6 Å². The third-order valence-electron chi connectivity index (χ3n) is 4.33. The van der Waals surface area contributed by atoms with Gasteiger partial charge in [0.05, 0.1) is 5.41 Å². The Kier molecular flexibility index (Phi) is 3.01. The van der Waals surface area contributed by atoms with E-state index in [4.69, 9.17) is 0 Å². The van der Waals surface area contributed by atoms with Crippen LogP contribution < -0.4 is 10.6 Å². The van der Waals surface area contributed by atoms with Gasteiger partial charge in [-0.15, -0.1) is 0 Å². The molecular formula is C15H19N3O2. The summed E-state index contributed by atoms with van der Waals surface area (Å²) < 4.78 is 0. The molecule has 1 aromatic carbocycles. The van der Waals surface area contributed by atoms with E-state index in [1.54, 1.807) is 25.1 Å². The quantitative estimate of drug-likeness (QED) is 0.801. The number of rotatable bonds is 1. The molecule has 106 valence electrons. The molecule has 3 rings (SSSR count). The van der Waals surface area contributed by atoms with Gasteiger partial charge in [-0.2, -0.15) is 0 Å². The Balaban J connectivity index is 2.06. The molecule has 5 nitrogen and oxygen atoms in total. The van der Waals surface area contributed by atoms with Crippen molar-refractivity contribution in [1.29, 1.82) is 0 Å². The highest BCUT2D eigenvalue weighted by molar-refractivity contribution is 6.07. The van der Waals surface area contributed by atoms with Crippen LogP contribution in [0.4, 0.5) is 5.69 Å². The molecule has 5 heteroatoms. The van der Waals surface area contributed by atoms with E-state index >= 15 is 0 Å². The fourth-order valence-corrected chi connectivity index (χ4v) is 3.15. The van der Waals surface area contributed by atoms with E-state index in [0.717, 1.165) is 37.2 Å². The van der Waals surface area contributed by atoms with Crippen LogP contribution in [0.5, 0.6) is 0 Å². The van der Waals surface area contributed by atoms with Crippen LogP contribution in [0.15, 0.2) is 18.2 Å². The number of amides is 2. The number of carbonyl (C=O) groups is 2. The van der Waals surface area contributed by atoms with Gasteiger partial charge in [-0.1, -0.05) is 0 Å². The predicted octanol–water partition coefficient (Wildman–Crippen LogP) is 0.962. The number of nitrogens with one attached hydrogen (secondary N) is 2. The fourth-order valence-electron chi connectivity index (χ4n) is 3.15. The Morgan fingerprint density at radius 1 is 1.25 bits per heavy atom. The maximum absolute atomic E-state index is 12.4. The minimum Gasteiger partial charge on any atom is -0.345 e. The Labute approximate surface area is 118 Å². The molecule has 1 spiro atoms. The van der Waals surface area contributed by atoms with Crippen molar-refractivity contribution in [3.05, 3.63) is 29.3 Å². The first-order valence-electron chi connectivity index (χ1n) is 6.93. The van der Waals surface area contributed by atoms with Gasteiger partial charge >= 0.3 is 0 Å². The third kappa shape index (κ3) is 1.81. The van der Waals surface area contributed by atoms with Crippen molar-refractivity contribution >= 4 is 17.5 Å². The average molecular weight is 273 g/mol. The smallest absolute Gasteiger partial charge is 0.253 e. The van der Waals surface area contributed by atoms with Crippen LogP contribution >= 0.6 is 0 Å². The van der Waals surface area contributed by atoms with Crippen molar-refractivity contribution in [3.63, 3.8) is 0 Å². The SMILES string of the molecule is CN(C)C(=O)c1ccc2c(c1)C1(CCNCC1)C(=O)N2. The Morgan fingerprint density at radius 3 is 2.60 bits per heavy atom. The summed E-state index contributed by atoms with van der Waals surface area (Å²) in [6.07, 6.45) is 1.57. The van der Waals surface area contributed by atoms with Gasteiger partial charge in [0.15, 0.2) is 0 Å². The van der Waals surface area contributed by atoms with Gasteiger partial charge < -0.3 is 15.5 Å². The molecule has 0 aliphatic carbocycles. The van der Waals surface area contributed by atoms with Crippen molar-refractivity contribution in [2.24, 2.45) is 0 Å². The summed E-state index contributed by atoms with van der Waals surface area (Å²) in [7, 11) is 3.47. The molecule has 0 saturated carbocycles. The van der Waals surface area contributed by atoms with E-state index in [1.807, 2.05) is 12.1 Å². The first-order valence-corrected chi connectivity index (χ1v) is 6.93. The summed E-state index contributed by atoms with van der Waals surface area (Å²) in [5, 5.41) is 6.25. The number of benzene rings is 1. The maximum Gasteiger partial charge on any atom is 0.253 e. The van der Waals surface area contributed by atoms with Crippen molar-refractivity contribution in [3.8, 4) is 0 Å². The van der Waals surface area contributed by atoms with E-state index in [0.29, 0.717) is 5.56 Å². The highest BCUT2D eigenvalue weighted by atomic mass is 16.2. The highest BCUT2D eigenvalue weighted by Gasteiger charge is 2.47. The summed E-state index contributed by atoms with van der Waals surface area (Å²) in [5.41, 5.74) is 2.02. The number of hydrogen-bond donors (Lipinski definition) is 2. The number of carbonyl (C=O) groups excluding carboxylic acids is 2. The van der Waals surface area contributed by atoms with E-state index in [-0.39, 0.29) is 11.8 Å². The molecule has 0 radical (unpaired) electrons. The fraction of sp³-hybridized carbons (Fsp3) is 0.467. The Hall–Kier alpha value is -1.88. The van der Waals surface area contributed by atoms with Gasteiger partial charge in [0.25, 0.3) is 5.91 Å². The number of hydrogen-bond acceptors (Lipinski definition) is 3. The standard InChI is InChI=1S/C15H19N3O2/c1-18(2)13(19)10-3-4-12-11(9-10)15(14(20)17-12)5-7-16-8-6-15/h3-4,9,16H,5-8H2,1-2H3,(H,17,20). The molecule has 0 unspecified atom stereocenters. The van der Waals surface area contributed by atoms with Crippen molar-refractivity contribution in [1.82, 2.24) is 10.2 Å². The van der Waals surface area contributed by atoms with Crippen LogP contribution in [-0.2, 0) is 10.2 Å². The zero-order chi connectivity index (χ0) is 14.3. The molecule has 20 heavy (non-hydrogen) atoms. The van der Waals surface area contributed by atoms with Gasteiger partial charge in [-0.25, -0.2) is 0 Å². The second kappa shape index (κ2) is 4.59. The second-order valence-electron chi connectivity index (χ2n) is 5.75. The van der Waals surface area contributed by atoms with Gasteiger partial charge in [0, 0.05) is 25.3 Å². The summed E-state index contributed by atoms with van der Waals surface area (Å²) in [6.45, 7) is 1.66. The summed E-state index contributed by atoms with van der Waals surface area (Å²) in [5.74, 6) is 0.0414. The number of anilines is 1. The first kappa shape index (κ1) is 13.1.